The van der Waals surface area contributed by atoms with Crippen molar-refractivity contribution >= 4 is 38.9 Å². The number of nitrogens with zero attached hydrogens (tertiary/aromatic N) is 1. The van der Waals surface area contributed by atoms with E-state index in [1.54, 1.807) is 30.0 Å². The Morgan fingerprint density at radius 1 is 1.00 bits per heavy atom. The topological polar surface area (TPSA) is 78.9 Å². The molecule has 2 atom stereocenters. The Balaban J connectivity index is 1.75. The summed E-state index contributed by atoms with van der Waals surface area (Å²) >= 11 is 12.2. The minimum atomic E-state index is -3.42. The first-order valence-electron chi connectivity index (χ1n) is 11.0. The van der Waals surface area contributed by atoms with Gasteiger partial charge in [0.15, 0.2) is 17.5 Å². The van der Waals surface area contributed by atoms with Gasteiger partial charge < -0.3 is 9.84 Å². The second kappa shape index (κ2) is 12.4. The van der Waals surface area contributed by atoms with Crippen LogP contribution >= 0.6 is 23.2 Å². The summed E-state index contributed by atoms with van der Waals surface area (Å²) in [4.78, 5) is 1.67. The summed E-state index contributed by atoms with van der Waals surface area (Å²) in [6, 6.07) is 12.6. The van der Waals surface area contributed by atoms with Gasteiger partial charge in [0.1, 0.15) is 18.5 Å². The van der Waals surface area contributed by atoms with Crippen molar-refractivity contribution in [3.05, 3.63) is 93.2 Å². The zero-order chi connectivity index (χ0) is 27.3. The zero-order valence-corrected chi connectivity index (χ0v) is 22.2. The van der Waals surface area contributed by atoms with Gasteiger partial charge in [0.2, 0.25) is 10.0 Å². The molecule has 2 N–H and O–H groups in total. The van der Waals surface area contributed by atoms with E-state index in [0.29, 0.717) is 27.0 Å². The van der Waals surface area contributed by atoms with Crippen molar-refractivity contribution in [3.63, 3.8) is 0 Å². The Kier molecular flexibility index (Phi) is 9.71. The first kappa shape index (κ1) is 29.1. The predicted octanol–water partition coefficient (Wildman–Crippen LogP) is 5.79. The van der Waals surface area contributed by atoms with Crippen molar-refractivity contribution in [1.82, 2.24) is 4.90 Å². The number of nitrogens with one attached hydrogen (secondary N) is 1. The average molecular weight is 577 g/mol. The molecule has 0 saturated heterocycles. The fraction of sp³-hybridized carbons (Fsp3) is 0.280. The monoisotopic (exact) mass is 576 g/mol. The highest BCUT2D eigenvalue weighted by atomic mass is 35.5. The molecule has 0 amide bonds. The summed E-state index contributed by atoms with van der Waals surface area (Å²) in [6.07, 6.45) is -0.0302. The number of rotatable bonds is 11. The molecule has 0 bridgehead atoms. The Bertz CT molecular complexity index is 1340. The molecule has 37 heavy (non-hydrogen) atoms. The van der Waals surface area contributed by atoms with Gasteiger partial charge in [-0.1, -0.05) is 35.3 Å². The smallest absolute Gasteiger partial charge is 0.229 e. The maximum absolute atomic E-state index is 14.4. The number of sulfonamides is 1. The van der Waals surface area contributed by atoms with Crippen LogP contribution in [-0.2, 0) is 16.6 Å². The van der Waals surface area contributed by atoms with Crippen LogP contribution < -0.4 is 9.46 Å². The summed E-state index contributed by atoms with van der Waals surface area (Å²) in [6.45, 7) is 1.48. The number of benzene rings is 3. The Labute approximate surface area is 223 Å². The number of halogens is 5. The highest BCUT2D eigenvalue weighted by molar-refractivity contribution is 7.92. The van der Waals surface area contributed by atoms with Crippen LogP contribution in [0, 0.1) is 17.5 Å². The van der Waals surface area contributed by atoms with Gasteiger partial charge in [-0.25, -0.2) is 21.6 Å². The molecule has 0 radical (unpaired) electrons. The largest absolute Gasteiger partial charge is 0.491 e. The van der Waals surface area contributed by atoms with E-state index in [1.807, 2.05) is 0 Å². The lowest BCUT2D eigenvalue weighted by Crippen LogP contribution is -2.37. The van der Waals surface area contributed by atoms with Crippen molar-refractivity contribution in [2.45, 2.75) is 25.6 Å². The molecule has 0 aliphatic heterocycles. The first-order valence-corrected chi connectivity index (χ1v) is 13.7. The lowest BCUT2D eigenvalue weighted by atomic mass is 10.0. The van der Waals surface area contributed by atoms with Crippen molar-refractivity contribution < 1.29 is 31.4 Å². The van der Waals surface area contributed by atoms with Crippen LogP contribution in [0.2, 0.25) is 10.0 Å². The molecular formula is C25H25Cl2F3N2O4S. The van der Waals surface area contributed by atoms with E-state index >= 15 is 0 Å². The third-order valence-corrected chi connectivity index (χ3v) is 6.85. The second-order valence-electron chi connectivity index (χ2n) is 8.48. The van der Waals surface area contributed by atoms with E-state index in [0.717, 1.165) is 18.4 Å². The number of anilines is 1. The molecule has 0 heterocycles. The second-order valence-corrected chi connectivity index (χ2v) is 11.0. The number of aliphatic hydroxyl groups excluding tert-OH is 1. The van der Waals surface area contributed by atoms with Crippen LogP contribution in [0.3, 0.4) is 0 Å². The molecule has 0 spiro atoms. The molecule has 3 aromatic rings. The molecule has 2 unspecified atom stereocenters. The van der Waals surface area contributed by atoms with Gasteiger partial charge >= 0.3 is 0 Å². The molecule has 0 saturated carbocycles. The van der Waals surface area contributed by atoms with Crippen LogP contribution in [0.1, 0.15) is 24.1 Å². The molecule has 0 aliphatic rings. The number of ether oxygens (including phenoxy) is 1. The summed E-state index contributed by atoms with van der Waals surface area (Å²) in [5, 5.41) is 11.4. The molecule has 200 valence electrons. The molecule has 3 rings (SSSR count). The Morgan fingerprint density at radius 3 is 2.30 bits per heavy atom. The lowest BCUT2D eigenvalue weighted by molar-refractivity contribution is 0.0505. The quantitative estimate of drug-likeness (QED) is 0.283. The Morgan fingerprint density at radius 2 is 1.68 bits per heavy atom. The lowest BCUT2D eigenvalue weighted by Gasteiger charge is -2.31. The highest BCUT2D eigenvalue weighted by Gasteiger charge is 2.23. The van der Waals surface area contributed by atoms with Crippen molar-refractivity contribution in [2.24, 2.45) is 0 Å². The third kappa shape index (κ3) is 8.24. The molecular weight excluding hydrogens is 552 g/mol. The van der Waals surface area contributed by atoms with E-state index in [-0.39, 0.29) is 25.3 Å². The number of aliphatic hydroxyl groups is 1. The van der Waals surface area contributed by atoms with Gasteiger partial charge in [-0.15, -0.1) is 0 Å². The minimum Gasteiger partial charge on any atom is -0.491 e. The summed E-state index contributed by atoms with van der Waals surface area (Å²) in [7, 11) is -3.42. The van der Waals surface area contributed by atoms with E-state index in [4.69, 9.17) is 27.9 Å². The molecule has 0 aromatic heterocycles. The molecule has 6 nitrogen and oxygen atoms in total. The van der Waals surface area contributed by atoms with Gasteiger partial charge in [0, 0.05) is 30.4 Å². The van der Waals surface area contributed by atoms with E-state index in [2.05, 4.69) is 4.72 Å². The SMILES string of the molecule is CC(c1ccc(Cl)c(Cl)c1)N(Cc1ccc(F)c(F)c1F)CC(O)COc1ccc(NS(C)(=O)=O)cc1. The predicted molar refractivity (Wildman–Crippen MR) is 138 cm³/mol. The molecule has 0 fully saturated rings. The molecule has 0 aliphatic carbocycles. The maximum atomic E-state index is 14.4. The number of hydrogen-bond acceptors (Lipinski definition) is 5. The summed E-state index contributed by atoms with van der Waals surface area (Å²) < 4.78 is 72.3. The third-order valence-electron chi connectivity index (χ3n) is 5.51. The maximum Gasteiger partial charge on any atom is 0.229 e. The average Bonchev–Trinajstić information content (AvgIpc) is 2.83. The van der Waals surface area contributed by atoms with E-state index < -0.39 is 39.6 Å². The van der Waals surface area contributed by atoms with Gasteiger partial charge in [-0.3, -0.25) is 9.62 Å². The highest BCUT2D eigenvalue weighted by Crippen LogP contribution is 2.30. The van der Waals surface area contributed by atoms with Gasteiger partial charge in [-0.05, 0) is 55.0 Å². The summed E-state index contributed by atoms with van der Waals surface area (Å²) in [5.41, 5.74) is 0.970. The van der Waals surface area contributed by atoms with Gasteiger partial charge in [0.25, 0.3) is 0 Å². The molecule has 12 heteroatoms. The molecule has 3 aromatic carbocycles. The first-order chi connectivity index (χ1) is 17.3. The zero-order valence-electron chi connectivity index (χ0n) is 19.9. The normalized spacial score (nSPS) is 13.4. The van der Waals surface area contributed by atoms with Gasteiger partial charge in [0.05, 0.1) is 16.3 Å². The summed E-state index contributed by atoms with van der Waals surface area (Å²) in [5.74, 6) is -3.79. The van der Waals surface area contributed by atoms with E-state index in [9.17, 15) is 26.7 Å². The van der Waals surface area contributed by atoms with Crippen LogP contribution in [0.4, 0.5) is 18.9 Å². The minimum absolute atomic E-state index is 0.0203. The van der Waals surface area contributed by atoms with Gasteiger partial charge in [-0.2, -0.15) is 0 Å². The van der Waals surface area contributed by atoms with Crippen molar-refractivity contribution in [2.75, 3.05) is 24.1 Å². The van der Waals surface area contributed by atoms with Crippen LogP contribution in [0.5, 0.6) is 5.75 Å². The van der Waals surface area contributed by atoms with Crippen LogP contribution in [0.25, 0.3) is 0 Å². The fourth-order valence-electron chi connectivity index (χ4n) is 3.60. The van der Waals surface area contributed by atoms with E-state index in [1.165, 1.54) is 24.3 Å². The van der Waals surface area contributed by atoms with Crippen molar-refractivity contribution in [1.29, 1.82) is 0 Å². The fourth-order valence-corrected chi connectivity index (χ4v) is 4.47. The standard InChI is InChI=1S/C25H25Cl2F3N2O4S/c1-15(16-3-9-21(26)22(27)11-16)32(12-17-4-10-23(28)25(30)24(17)29)13-19(33)14-36-20-7-5-18(6-8-20)31-37(2,34)35/h3-11,15,19,31,33H,12-14H2,1-2H3. The van der Waals surface area contributed by atoms with Crippen molar-refractivity contribution in [3.8, 4) is 5.75 Å². The van der Waals surface area contributed by atoms with Crippen LogP contribution in [0.15, 0.2) is 54.6 Å². The van der Waals surface area contributed by atoms with Crippen LogP contribution in [-0.4, -0.2) is 43.9 Å². The number of hydrogen-bond donors (Lipinski definition) is 2. The Hall–Kier alpha value is -2.50.